The lowest BCUT2D eigenvalue weighted by Crippen LogP contribution is -2.26. The molecule has 41 heavy (non-hydrogen) atoms. The van der Waals surface area contributed by atoms with Crippen LogP contribution in [-0.4, -0.2) is 14.5 Å². The van der Waals surface area contributed by atoms with Crippen molar-refractivity contribution < 1.29 is 13.2 Å². The highest BCUT2D eigenvalue weighted by molar-refractivity contribution is 5.68. The molecule has 1 aromatic heterocycles. The summed E-state index contributed by atoms with van der Waals surface area (Å²) in [6, 6.07) is 36.0. The molecule has 0 atom stereocenters. The average molecular weight is 554 g/mol. The first-order chi connectivity index (χ1) is 19.9. The first kappa shape index (κ1) is 28.4. The number of nitrogens with zero attached hydrogens (tertiary/aromatic N) is 3. The number of aromatic nitrogens is 2. The zero-order valence-corrected chi connectivity index (χ0v) is 23.2. The number of hydrogen-bond donors (Lipinski definition) is 0. The van der Waals surface area contributed by atoms with E-state index in [1.807, 2.05) is 78.9 Å². The number of hydrogen-bond acceptors (Lipinski definition) is 2. The van der Waals surface area contributed by atoms with E-state index in [9.17, 15) is 13.2 Å². The molecule has 0 spiro atoms. The van der Waals surface area contributed by atoms with Gasteiger partial charge in [-0.1, -0.05) is 123 Å². The van der Waals surface area contributed by atoms with Crippen LogP contribution in [0.15, 0.2) is 115 Å². The summed E-state index contributed by atoms with van der Waals surface area (Å²) in [6.45, 7) is 4.02. The van der Waals surface area contributed by atoms with Gasteiger partial charge in [0.05, 0.1) is 17.0 Å². The third kappa shape index (κ3) is 6.95. The lowest BCUT2D eigenvalue weighted by atomic mass is 10.1. The van der Waals surface area contributed by atoms with Crippen LogP contribution in [0.5, 0.6) is 0 Å². The molecule has 1 heterocycles. The molecule has 5 aromatic rings. The number of imidazole rings is 1. The molecule has 3 nitrogen and oxygen atoms in total. The van der Waals surface area contributed by atoms with Crippen molar-refractivity contribution >= 4 is 0 Å². The molecular formula is C35H34F3N3. The Morgan fingerprint density at radius 1 is 0.683 bits per heavy atom. The predicted octanol–water partition coefficient (Wildman–Crippen LogP) is 9.24. The highest BCUT2D eigenvalue weighted by atomic mass is 19.4. The molecule has 5 rings (SSSR count). The minimum Gasteiger partial charge on any atom is -0.326 e. The number of unbranched alkanes of at least 4 members (excludes halogenated alkanes) is 1. The van der Waals surface area contributed by atoms with Crippen molar-refractivity contribution in [3.8, 4) is 22.6 Å². The van der Waals surface area contributed by atoms with Gasteiger partial charge in [0.1, 0.15) is 5.82 Å². The van der Waals surface area contributed by atoms with E-state index in [2.05, 4.69) is 28.5 Å². The monoisotopic (exact) mass is 553 g/mol. The Kier molecular flexibility index (Phi) is 9.00. The summed E-state index contributed by atoms with van der Waals surface area (Å²) in [5.41, 5.74) is 4.59. The second kappa shape index (κ2) is 13.0. The third-order valence-corrected chi connectivity index (χ3v) is 7.23. The molecule has 0 amide bonds. The molecule has 0 radical (unpaired) electrons. The van der Waals surface area contributed by atoms with Crippen molar-refractivity contribution in [1.29, 1.82) is 0 Å². The molecule has 0 fully saturated rings. The van der Waals surface area contributed by atoms with Crippen molar-refractivity contribution in [3.63, 3.8) is 0 Å². The summed E-state index contributed by atoms with van der Waals surface area (Å²) < 4.78 is 44.3. The van der Waals surface area contributed by atoms with E-state index in [4.69, 9.17) is 4.98 Å². The van der Waals surface area contributed by atoms with Crippen molar-refractivity contribution in [1.82, 2.24) is 14.5 Å². The van der Waals surface area contributed by atoms with E-state index in [0.29, 0.717) is 13.1 Å². The molecule has 210 valence electrons. The SMILES string of the molecule is CCCCn1c(-c2ccccc2)nc(-c2ccccc2)c1CN(Cc1ccccc1)Cc1ccccc1C(F)(F)F. The van der Waals surface area contributed by atoms with E-state index in [1.165, 1.54) is 12.1 Å². The van der Waals surface area contributed by atoms with E-state index in [1.54, 1.807) is 12.1 Å². The smallest absolute Gasteiger partial charge is 0.326 e. The summed E-state index contributed by atoms with van der Waals surface area (Å²) in [6.07, 6.45) is -2.44. The molecule has 0 aliphatic heterocycles. The lowest BCUT2D eigenvalue weighted by Gasteiger charge is -2.26. The highest BCUT2D eigenvalue weighted by Crippen LogP contribution is 2.34. The zero-order valence-electron chi connectivity index (χ0n) is 23.2. The van der Waals surface area contributed by atoms with Crippen LogP contribution in [0, 0.1) is 0 Å². The minimum absolute atomic E-state index is 0.151. The molecule has 0 aliphatic carbocycles. The van der Waals surface area contributed by atoms with Crippen LogP contribution in [0.3, 0.4) is 0 Å². The number of halogens is 3. The Morgan fingerprint density at radius 3 is 1.90 bits per heavy atom. The number of alkyl halides is 3. The van der Waals surface area contributed by atoms with Crippen LogP contribution in [0.1, 0.15) is 42.1 Å². The number of benzene rings is 4. The summed E-state index contributed by atoms with van der Waals surface area (Å²) in [7, 11) is 0. The maximum Gasteiger partial charge on any atom is 0.416 e. The van der Waals surface area contributed by atoms with Gasteiger partial charge >= 0.3 is 6.18 Å². The average Bonchev–Trinajstić information content (AvgIpc) is 3.35. The van der Waals surface area contributed by atoms with Gasteiger partial charge in [0, 0.05) is 37.3 Å². The standard InChI is InChI=1S/C35H34F3N3/c1-2-3-23-41-32(33(28-17-9-5-10-18-28)39-34(41)29-19-11-6-12-20-29)26-40(24-27-15-7-4-8-16-27)25-30-21-13-14-22-31(30)35(36,37)38/h4-22H,2-3,23-26H2,1H3. The zero-order chi connectivity index (χ0) is 28.7. The molecule has 4 aromatic carbocycles. The van der Waals surface area contributed by atoms with Gasteiger partial charge in [0.2, 0.25) is 0 Å². The fourth-order valence-corrected chi connectivity index (χ4v) is 5.24. The Labute approximate surface area is 239 Å². The van der Waals surface area contributed by atoms with E-state index < -0.39 is 11.7 Å². The number of rotatable bonds is 11. The normalized spacial score (nSPS) is 11.7. The van der Waals surface area contributed by atoms with Crippen molar-refractivity contribution in [3.05, 3.63) is 138 Å². The fraction of sp³-hybridized carbons (Fsp3) is 0.229. The van der Waals surface area contributed by atoms with Gasteiger partial charge < -0.3 is 4.57 Å². The van der Waals surface area contributed by atoms with Crippen LogP contribution >= 0.6 is 0 Å². The quantitative estimate of drug-likeness (QED) is 0.163. The molecule has 0 N–H and O–H groups in total. The van der Waals surface area contributed by atoms with Crippen molar-refractivity contribution in [2.24, 2.45) is 0 Å². The Hall–Kier alpha value is -4.16. The van der Waals surface area contributed by atoms with Gasteiger partial charge in [-0.15, -0.1) is 0 Å². The van der Waals surface area contributed by atoms with Crippen molar-refractivity contribution in [2.45, 2.75) is 52.1 Å². The van der Waals surface area contributed by atoms with Gasteiger partial charge in [0.15, 0.2) is 0 Å². The van der Waals surface area contributed by atoms with E-state index in [0.717, 1.165) is 53.3 Å². The van der Waals surface area contributed by atoms with Crippen molar-refractivity contribution in [2.75, 3.05) is 0 Å². The minimum atomic E-state index is -4.42. The lowest BCUT2D eigenvalue weighted by molar-refractivity contribution is -0.138. The molecular weight excluding hydrogens is 519 g/mol. The third-order valence-electron chi connectivity index (χ3n) is 7.23. The second-order valence-corrected chi connectivity index (χ2v) is 10.3. The first-order valence-electron chi connectivity index (χ1n) is 14.1. The van der Waals surface area contributed by atoms with E-state index in [-0.39, 0.29) is 12.1 Å². The first-order valence-corrected chi connectivity index (χ1v) is 14.1. The van der Waals surface area contributed by atoms with Crippen LogP contribution < -0.4 is 0 Å². The maximum absolute atomic E-state index is 14.0. The van der Waals surface area contributed by atoms with E-state index >= 15 is 0 Å². The van der Waals surface area contributed by atoms with Gasteiger partial charge in [-0.3, -0.25) is 4.90 Å². The summed E-state index contributed by atoms with van der Waals surface area (Å²) in [4.78, 5) is 7.28. The second-order valence-electron chi connectivity index (χ2n) is 10.3. The van der Waals surface area contributed by atoms with Gasteiger partial charge in [0.25, 0.3) is 0 Å². The molecule has 0 saturated heterocycles. The highest BCUT2D eigenvalue weighted by Gasteiger charge is 2.33. The molecule has 0 aliphatic rings. The fourth-order valence-electron chi connectivity index (χ4n) is 5.24. The van der Waals surface area contributed by atoms with Gasteiger partial charge in [-0.2, -0.15) is 13.2 Å². The predicted molar refractivity (Wildman–Crippen MR) is 159 cm³/mol. The Balaban J connectivity index is 1.63. The Bertz CT molecular complexity index is 1530. The van der Waals surface area contributed by atoms with Crippen LogP contribution in [-0.2, 0) is 32.4 Å². The van der Waals surface area contributed by atoms with Crippen LogP contribution in [0.25, 0.3) is 22.6 Å². The summed E-state index contributed by atoms with van der Waals surface area (Å²) >= 11 is 0. The largest absolute Gasteiger partial charge is 0.416 e. The van der Waals surface area contributed by atoms with Gasteiger partial charge in [-0.25, -0.2) is 4.98 Å². The molecule has 0 bridgehead atoms. The molecule has 0 saturated carbocycles. The maximum atomic E-state index is 14.0. The summed E-state index contributed by atoms with van der Waals surface area (Å²) in [5.74, 6) is 0.878. The van der Waals surface area contributed by atoms with Crippen LogP contribution in [0.2, 0.25) is 0 Å². The molecule has 0 unspecified atom stereocenters. The van der Waals surface area contributed by atoms with Crippen LogP contribution in [0.4, 0.5) is 13.2 Å². The Morgan fingerprint density at radius 2 is 1.27 bits per heavy atom. The van der Waals surface area contributed by atoms with Gasteiger partial charge in [-0.05, 0) is 23.6 Å². The topological polar surface area (TPSA) is 21.1 Å². The summed E-state index contributed by atoms with van der Waals surface area (Å²) in [5, 5.41) is 0. The molecule has 6 heteroatoms.